The summed E-state index contributed by atoms with van der Waals surface area (Å²) in [5.74, 6) is 1.39. The Morgan fingerprint density at radius 1 is 1.07 bits per heavy atom. The molecular formula is C18H18BrN3O3S2. The number of rotatable bonds is 5. The van der Waals surface area contributed by atoms with E-state index in [0.717, 1.165) is 15.1 Å². The normalized spacial score (nSPS) is 16.6. The first-order valence-electron chi connectivity index (χ1n) is 8.50. The van der Waals surface area contributed by atoms with E-state index >= 15 is 0 Å². The highest BCUT2D eigenvalue weighted by Gasteiger charge is 2.30. The van der Waals surface area contributed by atoms with E-state index in [9.17, 15) is 8.42 Å². The number of oxazole rings is 1. The van der Waals surface area contributed by atoms with Crippen LogP contribution in [0, 0.1) is 0 Å². The van der Waals surface area contributed by atoms with Crippen LogP contribution in [0.25, 0.3) is 11.3 Å². The maximum absolute atomic E-state index is 12.7. The van der Waals surface area contributed by atoms with Crippen LogP contribution in [-0.4, -0.2) is 48.8 Å². The SMILES string of the molecule is O=S(=O)(c1ccc(Br)s1)N1CCN(Cc2ncc(-c3ccccc3)o2)CC1. The van der Waals surface area contributed by atoms with E-state index in [2.05, 4.69) is 25.8 Å². The van der Waals surface area contributed by atoms with Crippen LogP contribution in [0.2, 0.25) is 0 Å². The van der Waals surface area contributed by atoms with Gasteiger partial charge in [0.15, 0.2) is 5.76 Å². The zero-order chi connectivity index (χ0) is 18.9. The molecule has 0 amide bonds. The molecule has 0 aliphatic carbocycles. The third kappa shape index (κ3) is 4.17. The average Bonchev–Trinajstić information content (AvgIpc) is 3.32. The quantitative estimate of drug-likeness (QED) is 0.572. The molecule has 0 N–H and O–H groups in total. The van der Waals surface area contributed by atoms with E-state index in [4.69, 9.17) is 4.42 Å². The minimum Gasteiger partial charge on any atom is -0.439 e. The van der Waals surface area contributed by atoms with Crippen molar-refractivity contribution < 1.29 is 12.8 Å². The molecule has 3 aromatic rings. The maximum atomic E-state index is 12.7. The standard InChI is InChI=1S/C18H18BrN3O3S2/c19-16-6-7-18(26-16)27(23,24)22-10-8-21(9-11-22)13-17-20-12-15(25-17)14-4-2-1-3-5-14/h1-7,12H,8-11,13H2. The zero-order valence-corrected chi connectivity index (χ0v) is 17.6. The van der Waals surface area contributed by atoms with Crippen molar-refractivity contribution in [2.24, 2.45) is 0 Å². The molecule has 1 aromatic carbocycles. The summed E-state index contributed by atoms with van der Waals surface area (Å²) in [6.07, 6.45) is 1.74. The van der Waals surface area contributed by atoms with Gasteiger partial charge in [-0.05, 0) is 28.1 Å². The lowest BCUT2D eigenvalue weighted by atomic mass is 10.2. The molecule has 27 heavy (non-hydrogen) atoms. The molecule has 2 aromatic heterocycles. The van der Waals surface area contributed by atoms with Gasteiger partial charge >= 0.3 is 0 Å². The van der Waals surface area contributed by atoms with Crippen molar-refractivity contribution >= 4 is 37.3 Å². The minimum absolute atomic E-state index is 0.378. The highest BCUT2D eigenvalue weighted by molar-refractivity contribution is 9.11. The molecule has 0 saturated carbocycles. The van der Waals surface area contributed by atoms with Gasteiger partial charge in [-0.2, -0.15) is 4.31 Å². The minimum atomic E-state index is -3.41. The first kappa shape index (κ1) is 18.8. The van der Waals surface area contributed by atoms with Crippen LogP contribution < -0.4 is 0 Å². The molecule has 4 rings (SSSR count). The van der Waals surface area contributed by atoms with E-state index in [1.165, 1.54) is 11.3 Å². The van der Waals surface area contributed by atoms with Crippen LogP contribution in [0.3, 0.4) is 0 Å². The summed E-state index contributed by atoms with van der Waals surface area (Å²) >= 11 is 4.56. The van der Waals surface area contributed by atoms with Crippen LogP contribution in [0.15, 0.2) is 61.1 Å². The summed E-state index contributed by atoms with van der Waals surface area (Å²) in [6, 6.07) is 13.3. The Hall–Kier alpha value is -1.52. The molecule has 0 atom stereocenters. The third-order valence-corrected chi connectivity index (χ3v) is 8.43. The van der Waals surface area contributed by atoms with Crippen LogP contribution in [0.5, 0.6) is 0 Å². The van der Waals surface area contributed by atoms with Crippen molar-refractivity contribution in [1.82, 2.24) is 14.2 Å². The summed E-state index contributed by atoms with van der Waals surface area (Å²) in [5, 5.41) is 0. The molecule has 0 radical (unpaired) electrons. The van der Waals surface area contributed by atoms with E-state index in [1.807, 2.05) is 30.3 Å². The lowest BCUT2D eigenvalue weighted by Crippen LogP contribution is -2.48. The number of benzene rings is 1. The van der Waals surface area contributed by atoms with E-state index in [0.29, 0.717) is 42.8 Å². The number of nitrogens with zero attached hydrogens (tertiary/aromatic N) is 3. The smallest absolute Gasteiger partial charge is 0.252 e. The van der Waals surface area contributed by atoms with Gasteiger partial charge in [0, 0.05) is 31.7 Å². The second kappa shape index (κ2) is 7.84. The van der Waals surface area contributed by atoms with Gasteiger partial charge in [0.25, 0.3) is 10.0 Å². The molecule has 3 heterocycles. The molecular weight excluding hydrogens is 450 g/mol. The van der Waals surface area contributed by atoms with Crippen molar-refractivity contribution in [1.29, 1.82) is 0 Å². The number of halogens is 1. The topological polar surface area (TPSA) is 66.7 Å². The van der Waals surface area contributed by atoms with Gasteiger partial charge in [-0.25, -0.2) is 13.4 Å². The predicted molar refractivity (Wildman–Crippen MR) is 108 cm³/mol. The van der Waals surface area contributed by atoms with Gasteiger partial charge in [0.05, 0.1) is 16.5 Å². The Kier molecular flexibility index (Phi) is 5.47. The Morgan fingerprint density at radius 3 is 2.48 bits per heavy atom. The van der Waals surface area contributed by atoms with Crippen LogP contribution in [-0.2, 0) is 16.6 Å². The monoisotopic (exact) mass is 467 g/mol. The van der Waals surface area contributed by atoms with Crippen molar-refractivity contribution in [3.8, 4) is 11.3 Å². The Morgan fingerprint density at radius 2 is 1.81 bits per heavy atom. The van der Waals surface area contributed by atoms with Crippen LogP contribution in [0.1, 0.15) is 5.89 Å². The molecule has 9 heteroatoms. The van der Waals surface area contributed by atoms with Gasteiger partial charge in [0.2, 0.25) is 5.89 Å². The number of hydrogen-bond acceptors (Lipinski definition) is 6. The first-order chi connectivity index (χ1) is 13.0. The van der Waals surface area contributed by atoms with E-state index in [1.54, 1.807) is 22.6 Å². The van der Waals surface area contributed by atoms with Crippen LogP contribution >= 0.6 is 27.3 Å². The fourth-order valence-electron chi connectivity index (χ4n) is 3.00. The number of aromatic nitrogens is 1. The highest BCUT2D eigenvalue weighted by atomic mass is 79.9. The first-order valence-corrected chi connectivity index (χ1v) is 11.6. The lowest BCUT2D eigenvalue weighted by Gasteiger charge is -2.32. The summed E-state index contributed by atoms with van der Waals surface area (Å²) < 4.78 is 34.0. The van der Waals surface area contributed by atoms with E-state index < -0.39 is 10.0 Å². The molecule has 0 unspecified atom stereocenters. The van der Waals surface area contributed by atoms with Crippen molar-refractivity contribution in [3.63, 3.8) is 0 Å². The van der Waals surface area contributed by atoms with Gasteiger partial charge in [-0.3, -0.25) is 4.90 Å². The molecule has 1 aliphatic heterocycles. The lowest BCUT2D eigenvalue weighted by molar-refractivity contribution is 0.169. The number of piperazine rings is 1. The van der Waals surface area contributed by atoms with Crippen molar-refractivity contribution in [3.05, 3.63) is 58.3 Å². The Bertz CT molecular complexity index is 1010. The largest absolute Gasteiger partial charge is 0.439 e. The average molecular weight is 468 g/mol. The number of sulfonamides is 1. The summed E-state index contributed by atoms with van der Waals surface area (Å²) in [6.45, 7) is 2.79. The molecule has 1 fully saturated rings. The fourth-order valence-corrected chi connectivity index (χ4v) is 6.59. The number of thiophene rings is 1. The van der Waals surface area contributed by atoms with Gasteiger partial charge in [-0.1, -0.05) is 30.3 Å². The highest BCUT2D eigenvalue weighted by Crippen LogP contribution is 2.29. The van der Waals surface area contributed by atoms with Gasteiger partial charge in [0.1, 0.15) is 4.21 Å². The summed E-state index contributed by atoms with van der Waals surface area (Å²) in [7, 11) is -3.41. The van der Waals surface area contributed by atoms with E-state index in [-0.39, 0.29) is 0 Å². The molecule has 1 aliphatic rings. The van der Waals surface area contributed by atoms with Gasteiger partial charge in [-0.15, -0.1) is 11.3 Å². The summed E-state index contributed by atoms with van der Waals surface area (Å²) in [4.78, 5) is 6.52. The second-order valence-corrected chi connectivity index (χ2v) is 10.9. The number of hydrogen-bond donors (Lipinski definition) is 0. The Balaban J connectivity index is 1.37. The van der Waals surface area contributed by atoms with Crippen molar-refractivity contribution in [2.75, 3.05) is 26.2 Å². The molecule has 0 bridgehead atoms. The Labute approximate surface area is 170 Å². The summed E-state index contributed by atoms with van der Waals surface area (Å²) in [5.41, 5.74) is 0.995. The molecule has 142 valence electrons. The molecule has 1 saturated heterocycles. The zero-order valence-electron chi connectivity index (χ0n) is 14.4. The fraction of sp³-hybridized carbons (Fsp3) is 0.278. The van der Waals surface area contributed by atoms with Crippen molar-refractivity contribution in [2.45, 2.75) is 10.8 Å². The molecule has 0 spiro atoms. The van der Waals surface area contributed by atoms with Gasteiger partial charge < -0.3 is 4.42 Å². The maximum Gasteiger partial charge on any atom is 0.252 e. The van der Waals surface area contributed by atoms with Crippen LogP contribution in [0.4, 0.5) is 0 Å². The third-order valence-electron chi connectivity index (χ3n) is 4.44. The molecule has 6 nitrogen and oxygen atoms in total. The predicted octanol–water partition coefficient (Wildman–Crippen LogP) is 3.67. The second-order valence-electron chi connectivity index (χ2n) is 6.22.